The van der Waals surface area contributed by atoms with Gasteiger partial charge in [-0.3, -0.25) is 9.69 Å². The Morgan fingerprint density at radius 3 is 2.52 bits per heavy atom. The molecule has 0 bridgehead atoms. The van der Waals surface area contributed by atoms with E-state index in [0.29, 0.717) is 19.8 Å². The fraction of sp³-hybridized carbons (Fsp3) is 0.562. The number of carbonyl (C=O) groups is 1. The third-order valence-electron chi connectivity index (χ3n) is 4.15. The van der Waals surface area contributed by atoms with Crippen LogP contribution < -0.4 is 5.32 Å². The van der Waals surface area contributed by atoms with Crippen LogP contribution in [-0.2, 0) is 19.6 Å². The average Bonchev–Trinajstić information content (AvgIpc) is 2.60. The SMILES string of the molecule is CC(CNC(=O)CN(C)S(=O)(=O)c1ccc(F)cc1)N1CCOCC1. The second kappa shape index (κ2) is 8.70. The number of sulfonamides is 1. The normalized spacial score (nSPS) is 17.4. The molecule has 1 aromatic carbocycles. The maximum absolute atomic E-state index is 12.9. The van der Waals surface area contributed by atoms with Crippen molar-refractivity contribution in [1.29, 1.82) is 0 Å². The summed E-state index contributed by atoms with van der Waals surface area (Å²) in [6.07, 6.45) is 0. The highest BCUT2D eigenvalue weighted by Gasteiger charge is 2.23. The molecule has 0 aliphatic carbocycles. The average molecular weight is 373 g/mol. The van der Waals surface area contributed by atoms with Gasteiger partial charge in [0.05, 0.1) is 24.7 Å². The molecule has 25 heavy (non-hydrogen) atoms. The van der Waals surface area contributed by atoms with Crippen LogP contribution in [-0.4, -0.2) is 76.0 Å². The minimum absolute atomic E-state index is 0.0501. The molecule has 7 nitrogen and oxygen atoms in total. The van der Waals surface area contributed by atoms with Crippen LogP contribution in [0.5, 0.6) is 0 Å². The lowest BCUT2D eigenvalue weighted by molar-refractivity contribution is -0.121. The first-order chi connectivity index (χ1) is 11.8. The minimum atomic E-state index is -3.83. The lowest BCUT2D eigenvalue weighted by Crippen LogP contribution is -2.48. The summed E-state index contributed by atoms with van der Waals surface area (Å²) in [6, 6.07) is 4.65. The monoisotopic (exact) mass is 373 g/mol. The van der Waals surface area contributed by atoms with Gasteiger partial charge < -0.3 is 10.1 Å². The molecule has 0 saturated carbocycles. The van der Waals surface area contributed by atoms with Crippen LogP contribution in [0.25, 0.3) is 0 Å². The first-order valence-electron chi connectivity index (χ1n) is 8.11. The zero-order chi connectivity index (χ0) is 18.4. The van der Waals surface area contributed by atoms with Crippen LogP contribution >= 0.6 is 0 Å². The molecule has 1 N–H and O–H groups in total. The van der Waals surface area contributed by atoms with Gasteiger partial charge in [-0.2, -0.15) is 4.31 Å². The Bertz CT molecular complexity index is 675. The molecule has 9 heteroatoms. The number of hydrogen-bond donors (Lipinski definition) is 1. The summed E-state index contributed by atoms with van der Waals surface area (Å²) in [5.74, 6) is -0.898. The molecular formula is C16H24FN3O4S. The van der Waals surface area contributed by atoms with Crippen LogP contribution in [0.2, 0.25) is 0 Å². The topological polar surface area (TPSA) is 79.0 Å². The zero-order valence-electron chi connectivity index (χ0n) is 14.4. The number of likely N-dealkylation sites (N-methyl/N-ethyl adjacent to an activating group) is 1. The van der Waals surface area contributed by atoms with Gasteiger partial charge in [0, 0.05) is 32.7 Å². The summed E-state index contributed by atoms with van der Waals surface area (Å²) < 4.78 is 43.9. The van der Waals surface area contributed by atoms with Crippen molar-refractivity contribution in [1.82, 2.24) is 14.5 Å². The highest BCUT2D eigenvalue weighted by Crippen LogP contribution is 2.14. The van der Waals surface area contributed by atoms with Crippen LogP contribution in [0, 0.1) is 5.82 Å². The smallest absolute Gasteiger partial charge is 0.243 e. The van der Waals surface area contributed by atoms with Crippen LogP contribution in [0.1, 0.15) is 6.92 Å². The van der Waals surface area contributed by atoms with Crippen molar-refractivity contribution >= 4 is 15.9 Å². The van der Waals surface area contributed by atoms with E-state index in [9.17, 15) is 17.6 Å². The number of rotatable bonds is 7. The fourth-order valence-electron chi connectivity index (χ4n) is 2.54. The van der Waals surface area contributed by atoms with Gasteiger partial charge in [0.15, 0.2) is 0 Å². The van der Waals surface area contributed by atoms with Gasteiger partial charge in [0.2, 0.25) is 15.9 Å². The number of nitrogens with one attached hydrogen (secondary N) is 1. The summed E-state index contributed by atoms with van der Waals surface area (Å²) in [7, 11) is -2.51. The van der Waals surface area contributed by atoms with E-state index in [1.165, 1.54) is 19.2 Å². The summed E-state index contributed by atoms with van der Waals surface area (Å²) in [4.78, 5) is 14.2. The number of hydrogen-bond acceptors (Lipinski definition) is 5. The molecule has 0 radical (unpaired) electrons. The summed E-state index contributed by atoms with van der Waals surface area (Å²) >= 11 is 0. The Kier molecular flexibility index (Phi) is 6.88. The predicted octanol–water partition coefficient (Wildman–Crippen LogP) is 0.283. The number of benzene rings is 1. The maximum Gasteiger partial charge on any atom is 0.243 e. The van der Waals surface area contributed by atoms with Crippen LogP contribution in [0.3, 0.4) is 0 Å². The van der Waals surface area contributed by atoms with E-state index < -0.39 is 15.8 Å². The molecular weight excluding hydrogens is 349 g/mol. The van der Waals surface area contributed by atoms with Gasteiger partial charge in [-0.1, -0.05) is 0 Å². The Hall–Kier alpha value is -1.55. The van der Waals surface area contributed by atoms with Gasteiger partial charge >= 0.3 is 0 Å². The quantitative estimate of drug-likeness (QED) is 0.743. The van der Waals surface area contributed by atoms with Crippen molar-refractivity contribution in [3.05, 3.63) is 30.1 Å². The molecule has 0 aromatic heterocycles. The van der Waals surface area contributed by atoms with Gasteiger partial charge in [-0.05, 0) is 31.2 Å². The number of amides is 1. The molecule has 1 heterocycles. The lowest BCUT2D eigenvalue weighted by Gasteiger charge is -2.32. The molecule has 1 aliphatic rings. The second-order valence-corrected chi connectivity index (χ2v) is 8.06. The van der Waals surface area contributed by atoms with Crippen LogP contribution in [0.4, 0.5) is 4.39 Å². The summed E-state index contributed by atoms with van der Waals surface area (Å²) in [6.45, 7) is 5.13. The highest BCUT2D eigenvalue weighted by molar-refractivity contribution is 7.89. The minimum Gasteiger partial charge on any atom is -0.379 e. The largest absolute Gasteiger partial charge is 0.379 e. The number of halogens is 1. The Labute approximate surface area is 147 Å². The van der Waals surface area contributed by atoms with Crippen molar-refractivity contribution in [2.45, 2.75) is 17.9 Å². The summed E-state index contributed by atoms with van der Waals surface area (Å²) in [5, 5.41) is 2.76. The van der Waals surface area contributed by atoms with Crippen LogP contribution in [0.15, 0.2) is 29.2 Å². The Morgan fingerprint density at radius 2 is 1.92 bits per heavy atom. The van der Waals surface area contributed by atoms with E-state index in [-0.39, 0.29) is 23.4 Å². The number of nitrogens with zero attached hydrogens (tertiary/aromatic N) is 2. The van der Waals surface area contributed by atoms with E-state index in [4.69, 9.17) is 4.74 Å². The Morgan fingerprint density at radius 1 is 1.32 bits per heavy atom. The number of morpholine rings is 1. The molecule has 1 saturated heterocycles. The van der Waals surface area contributed by atoms with E-state index in [2.05, 4.69) is 10.2 Å². The van der Waals surface area contributed by atoms with Gasteiger partial charge in [-0.15, -0.1) is 0 Å². The van der Waals surface area contributed by atoms with E-state index in [0.717, 1.165) is 29.5 Å². The second-order valence-electron chi connectivity index (χ2n) is 6.02. The third-order valence-corrected chi connectivity index (χ3v) is 5.97. The van der Waals surface area contributed by atoms with Crippen molar-refractivity contribution in [3.8, 4) is 0 Å². The molecule has 1 aliphatic heterocycles. The van der Waals surface area contributed by atoms with Crippen molar-refractivity contribution in [2.75, 3.05) is 46.4 Å². The first-order valence-corrected chi connectivity index (χ1v) is 9.55. The lowest BCUT2D eigenvalue weighted by atomic mass is 10.2. The highest BCUT2D eigenvalue weighted by atomic mass is 32.2. The molecule has 1 unspecified atom stereocenters. The fourth-order valence-corrected chi connectivity index (χ4v) is 3.67. The molecule has 2 rings (SSSR count). The molecule has 1 aromatic rings. The van der Waals surface area contributed by atoms with E-state index in [1.807, 2.05) is 6.92 Å². The molecule has 1 amide bonds. The third kappa shape index (κ3) is 5.46. The van der Waals surface area contributed by atoms with Crippen molar-refractivity contribution in [2.24, 2.45) is 0 Å². The number of ether oxygens (including phenoxy) is 1. The molecule has 140 valence electrons. The Balaban J connectivity index is 1.85. The van der Waals surface area contributed by atoms with Gasteiger partial charge in [-0.25, -0.2) is 12.8 Å². The molecule has 1 atom stereocenters. The predicted molar refractivity (Wildman–Crippen MR) is 91.1 cm³/mol. The van der Waals surface area contributed by atoms with E-state index >= 15 is 0 Å². The standard InChI is InChI=1S/C16H24FN3O4S/c1-13(20-7-9-24-10-8-20)11-18-16(21)12-19(2)25(22,23)15-5-3-14(17)4-6-15/h3-6,13H,7-12H2,1-2H3,(H,18,21). The zero-order valence-corrected chi connectivity index (χ0v) is 15.3. The molecule has 1 fully saturated rings. The van der Waals surface area contributed by atoms with Gasteiger partial charge in [0.1, 0.15) is 5.82 Å². The maximum atomic E-state index is 12.9. The van der Waals surface area contributed by atoms with Gasteiger partial charge in [0.25, 0.3) is 0 Å². The number of carbonyl (C=O) groups excluding carboxylic acids is 1. The van der Waals surface area contributed by atoms with Crippen molar-refractivity contribution in [3.63, 3.8) is 0 Å². The first kappa shape index (κ1) is 19.8. The summed E-state index contributed by atoms with van der Waals surface area (Å²) in [5.41, 5.74) is 0. The van der Waals surface area contributed by atoms with Crippen molar-refractivity contribution < 1.29 is 22.3 Å². The van der Waals surface area contributed by atoms with E-state index in [1.54, 1.807) is 0 Å². The molecule has 0 spiro atoms.